The average molecular weight is 373 g/mol. The van der Waals surface area contributed by atoms with E-state index in [0.717, 1.165) is 56.3 Å². The zero-order valence-electron chi connectivity index (χ0n) is 16.5. The van der Waals surface area contributed by atoms with Crippen LogP contribution >= 0.6 is 0 Å². The summed E-state index contributed by atoms with van der Waals surface area (Å²) in [6.45, 7) is 3.81. The Morgan fingerprint density at radius 1 is 1.07 bits per heavy atom. The predicted octanol–water partition coefficient (Wildman–Crippen LogP) is 3.43. The van der Waals surface area contributed by atoms with Crippen molar-refractivity contribution in [3.05, 3.63) is 29.8 Å². The molecule has 0 bridgehead atoms. The van der Waals surface area contributed by atoms with Gasteiger partial charge in [-0.1, -0.05) is 11.6 Å². The van der Waals surface area contributed by atoms with Crippen molar-refractivity contribution in [2.75, 3.05) is 51.8 Å². The molecule has 1 aliphatic carbocycles. The molecular weight excluding hydrogens is 342 g/mol. The van der Waals surface area contributed by atoms with Gasteiger partial charge in [0.2, 0.25) is 0 Å². The van der Waals surface area contributed by atoms with Gasteiger partial charge in [0.25, 0.3) is 0 Å². The van der Waals surface area contributed by atoms with Gasteiger partial charge in [-0.2, -0.15) is 0 Å². The Morgan fingerprint density at radius 2 is 1.85 bits per heavy atom. The molecule has 2 amide bonds. The number of allylic oxidation sites excluding steroid dienone is 1. The molecule has 1 aromatic carbocycles. The van der Waals surface area contributed by atoms with Gasteiger partial charge < -0.3 is 24.6 Å². The van der Waals surface area contributed by atoms with Crippen LogP contribution in [0.1, 0.15) is 32.1 Å². The first kappa shape index (κ1) is 19.4. The van der Waals surface area contributed by atoms with E-state index in [-0.39, 0.29) is 6.03 Å². The van der Waals surface area contributed by atoms with Crippen molar-refractivity contribution in [3.8, 4) is 11.5 Å². The average Bonchev–Trinajstić information content (AvgIpc) is 2.74. The summed E-state index contributed by atoms with van der Waals surface area (Å²) in [5.41, 5.74) is 2.59. The number of benzene rings is 1. The number of amides is 2. The molecule has 3 rings (SSSR count). The van der Waals surface area contributed by atoms with Gasteiger partial charge in [0, 0.05) is 44.5 Å². The number of hydrogen-bond acceptors (Lipinski definition) is 4. The summed E-state index contributed by atoms with van der Waals surface area (Å²) in [4.78, 5) is 16.6. The largest absolute Gasteiger partial charge is 0.493 e. The zero-order valence-corrected chi connectivity index (χ0v) is 16.5. The van der Waals surface area contributed by atoms with Crippen LogP contribution in [0.4, 0.5) is 10.5 Å². The predicted molar refractivity (Wildman–Crippen MR) is 108 cm³/mol. The Labute approximate surface area is 162 Å². The van der Waals surface area contributed by atoms with Crippen LogP contribution < -0.4 is 19.7 Å². The van der Waals surface area contributed by atoms with Crippen molar-refractivity contribution in [1.82, 2.24) is 10.2 Å². The molecule has 2 aliphatic rings. The molecule has 148 valence electrons. The molecule has 1 N–H and O–H groups in total. The van der Waals surface area contributed by atoms with Crippen molar-refractivity contribution in [2.45, 2.75) is 32.1 Å². The molecule has 1 aromatic rings. The summed E-state index contributed by atoms with van der Waals surface area (Å²) >= 11 is 0. The normalized spacial score (nSPS) is 17.3. The first-order valence-electron chi connectivity index (χ1n) is 9.89. The molecule has 1 heterocycles. The summed E-state index contributed by atoms with van der Waals surface area (Å²) in [7, 11) is 3.28. The number of nitrogens with zero attached hydrogens (tertiary/aromatic N) is 2. The van der Waals surface area contributed by atoms with E-state index in [1.54, 1.807) is 14.2 Å². The molecular formula is C21H31N3O3. The number of nitrogens with one attached hydrogen (secondary N) is 1. The Bertz CT molecular complexity index is 667. The highest BCUT2D eigenvalue weighted by Gasteiger charge is 2.22. The Kier molecular flexibility index (Phi) is 6.85. The molecule has 0 saturated carbocycles. The molecule has 0 spiro atoms. The molecule has 0 radical (unpaired) electrons. The quantitative estimate of drug-likeness (QED) is 0.777. The number of hydrogen-bond donors (Lipinski definition) is 1. The standard InChI is InChI=1S/C21H31N3O3/c1-26-19-9-8-18(16-20(19)27-2)23-12-14-24(15-13-23)21(25)22-11-10-17-6-4-3-5-7-17/h6,8-9,16H,3-5,7,10-15H2,1-2H3,(H,22,25). The monoisotopic (exact) mass is 373 g/mol. The van der Waals surface area contributed by atoms with Gasteiger partial charge in [0.1, 0.15) is 0 Å². The summed E-state index contributed by atoms with van der Waals surface area (Å²) in [6.07, 6.45) is 8.31. The van der Waals surface area contributed by atoms with Crippen molar-refractivity contribution >= 4 is 11.7 Å². The van der Waals surface area contributed by atoms with Gasteiger partial charge in [-0.25, -0.2) is 4.79 Å². The fourth-order valence-corrected chi connectivity index (χ4v) is 3.76. The summed E-state index contributed by atoms with van der Waals surface area (Å²) in [5.74, 6) is 1.46. The number of methoxy groups -OCH3 is 2. The highest BCUT2D eigenvalue weighted by atomic mass is 16.5. The van der Waals surface area contributed by atoms with E-state index in [4.69, 9.17) is 9.47 Å². The minimum absolute atomic E-state index is 0.0540. The third kappa shape index (κ3) is 5.08. The van der Waals surface area contributed by atoms with E-state index in [0.29, 0.717) is 0 Å². The maximum atomic E-state index is 12.4. The second-order valence-electron chi connectivity index (χ2n) is 7.10. The van der Waals surface area contributed by atoms with Crippen LogP contribution in [0.3, 0.4) is 0 Å². The van der Waals surface area contributed by atoms with Gasteiger partial charge in [0.15, 0.2) is 11.5 Å². The van der Waals surface area contributed by atoms with Crippen LogP contribution in [0.2, 0.25) is 0 Å². The number of urea groups is 1. The maximum absolute atomic E-state index is 12.4. The lowest BCUT2D eigenvalue weighted by Gasteiger charge is -2.36. The van der Waals surface area contributed by atoms with Gasteiger partial charge in [-0.15, -0.1) is 0 Å². The molecule has 6 nitrogen and oxygen atoms in total. The van der Waals surface area contributed by atoms with Crippen molar-refractivity contribution < 1.29 is 14.3 Å². The lowest BCUT2D eigenvalue weighted by Crippen LogP contribution is -2.52. The maximum Gasteiger partial charge on any atom is 0.317 e. The van der Waals surface area contributed by atoms with E-state index >= 15 is 0 Å². The highest BCUT2D eigenvalue weighted by molar-refractivity contribution is 5.74. The number of carbonyl (C=O) groups excluding carboxylic acids is 1. The number of anilines is 1. The molecule has 0 atom stereocenters. The first-order chi connectivity index (χ1) is 13.2. The molecule has 0 aromatic heterocycles. The second kappa shape index (κ2) is 9.53. The van der Waals surface area contributed by atoms with Gasteiger partial charge >= 0.3 is 6.03 Å². The molecule has 1 fully saturated rings. The molecule has 27 heavy (non-hydrogen) atoms. The van der Waals surface area contributed by atoms with Crippen LogP contribution in [-0.2, 0) is 0 Å². The SMILES string of the molecule is COc1ccc(N2CCN(C(=O)NCCC3=CCCCC3)CC2)cc1OC. The fourth-order valence-electron chi connectivity index (χ4n) is 3.76. The van der Waals surface area contributed by atoms with E-state index in [9.17, 15) is 4.79 Å². The minimum atomic E-state index is 0.0540. The summed E-state index contributed by atoms with van der Waals surface area (Å²) < 4.78 is 10.7. The molecule has 6 heteroatoms. The lowest BCUT2D eigenvalue weighted by atomic mass is 9.97. The van der Waals surface area contributed by atoms with Gasteiger partial charge in [-0.3, -0.25) is 0 Å². The van der Waals surface area contributed by atoms with Crippen LogP contribution in [0.5, 0.6) is 11.5 Å². The molecule has 1 aliphatic heterocycles. The zero-order chi connectivity index (χ0) is 19.1. The third-order valence-electron chi connectivity index (χ3n) is 5.41. The van der Waals surface area contributed by atoms with Gasteiger partial charge in [-0.05, 0) is 44.2 Å². The number of ether oxygens (including phenoxy) is 2. The number of rotatable bonds is 6. The third-order valence-corrected chi connectivity index (χ3v) is 5.41. The highest BCUT2D eigenvalue weighted by Crippen LogP contribution is 2.31. The van der Waals surface area contributed by atoms with Gasteiger partial charge in [0.05, 0.1) is 14.2 Å². The number of carbonyl (C=O) groups is 1. The Balaban J connectivity index is 1.45. The Hall–Kier alpha value is -2.37. The van der Waals surface area contributed by atoms with Crippen molar-refractivity contribution in [3.63, 3.8) is 0 Å². The second-order valence-corrected chi connectivity index (χ2v) is 7.10. The van der Waals surface area contributed by atoms with Crippen molar-refractivity contribution in [1.29, 1.82) is 0 Å². The van der Waals surface area contributed by atoms with E-state index in [2.05, 4.69) is 16.3 Å². The Morgan fingerprint density at radius 3 is 2.52 bits per heavy atom. The van der Waals surface area contributed by atoms with E-state index in [1.165, 1.54) is 31.3 Å². The van der Waals surface area contributed by atoms with Crippen LogP contribution in [-0.4, -0.2) is 57.9 Å². The van der Waals surface area contributed by atoms with E-state index < -0.39 is 0 Å². The lowest BCUT2D eigenvalue weighted by molar-refractivity contribution is 0.194. The summed E-state index contributed by atoms with van der Waals surface area (Å²) in [6, 6.07) is 6.01. The van der Waals surface area contributed by atoms with Crippen LogP contribution in [0, 0.1) is 0 Å². The van der Waals surface area contributed by atoms with Crippen LogP contribution in [0.25, 0.3) is 0 Å². The van der Waals surface area contributed by atoms with Crippen LogP contribution in [0.15, 0.2) is 29.8 Å². The topological polar surface area (TPSA) is 54.0 Å². The fraction of sp³-hybridized carbons (Fsp3) is 0.571. The van der Waals surface area contributed by atoms with E-state index in [1.807, 2.05) is 23.1 Å². The van der Waals surface area contributed by atoms with Crippen molar-refractivity contribution in [2.24, 2.45) is 0 Å². The molecule has 1 saturated heterocycles. The number of piperazine rings is 1. The molecule has 0 unspecified atom stereocenters. The minimum Gasteiger partial charge on any atom is -0.493 e. The smallest absolute Gasteiger partial charge is 0.317 e. The summed E-state index contributed by atoms with van der Waals surface area (Å²) in [5, 5.41) is 3.08. The first-order valence-corrected chi connectivity index (χ1v) is 9.89.